The molecule has 1 aliphatic rings. The SMILES string of the molecule is CC.CC1=NCC(C(N)=O)C(=O)N1C. The highest BCUT2D eigenvalue weighted by Crippen LogP contribution is 2.08. The molecule has 1 atom stereocenters. The number of rotatable bonds is 1. The van der Waals surface area contributed by atoms with Crippen molar-refractivity contribution in [3.63, 3.8) is 0 Å². The van der Waals surface area contributed by atoms with Gasteiger partial charge in [0.1, 0.15) is 11.8 Å². The van der Waals surface area contributed by atoms with Gasteiger partial charge < -0.3 is 10.6 Å². The second kappa shape index (κ2) is 5.36. The summed E-state index contributed by atoms with van der Waals surface area (Å²) in [6.45, 7) is 5.90. The number of hydrogen-bond acceptors (Lipinski definition) is 3. The first-order valence-corrected chi connectivity index (χ1v) is 4.62. The molecule has 1 aliphatic heterocycles. The maximum atomic E-state index is 11.3. The van der Waals surface area contributed by atoms with E-state index in [1.807, 2.05) is 13.8 Å². The van der Waals surface area contributed by atoms with Crippen LogP contribution in [0.2, 0.25) is 0 Å². The van der Waals surface area contributed by atoms with Crippen molar-refractivity contribution in [3.05, 3.63) is 0 Å². The predicted octanol–water partition coefficient (Wildman–Crippen LogP) is 0.00450. The monoisotopic (exact) mass is 199 g/mol. The van der Waals surface area contributed by atoms with Crippen LogP contribution < -0.4 is 5.73 Å². The quantitative estimate of drug-likeness (QED) is 0.604. The van der Waals surface area contributed by atoms with Crippen LogP contribution in [0.25, 0.3) is 0 Å². The zero-order valence-electron chi connectivity index (χ0n) is 9.07. The Morgan fingerprint density at radius 1 is 1.57 bits per heavy atom. The largest absolute Gasteiger partial charge is 0.369 e. The number of carbonyl (C=O) groups is 2. The van der Waals surface area contributed by atoms with Crippen molar-refractivity contribution in [2.45, 2.75) is 20.8 Å². The summed E-state index contributed by atoms with van der Waals surface area (Å²) in [6, 6.07) is 0. The molecule has 0 aliphatic carbocycles. The third-order valence-corrected chi connectivity index (χ3v) is 1.96. The number of nitrogens with two attached hydrogens (primary N) is 1. The van der Waals surface area contributed by atoms with Crippen LogP contribution in [0.15, 0.2) is 4.99 Å². The molecule has 14 heavy (non-hydrogen) atoms. The van der Waals surface area contributed by atoms with Gasteiger partial charge >= 0.3 is 0 Å². The Labute approximate surface area is 84.0 Å². The molecule has 0 bridgehead atoms. The zero-order valence-corrected chi connectivity index (χ0v) is 9.07. The molecule has 0 fully saturated rings. The molecule has 2 amide bonds. The molecule has 0 saturated heterocycles. The highest BCUT2D eigenvalue weighted by atomic mass is 16.2. The number of aliphatic imine (C=N–C) groups is 1. The van der Waals surface area contributed by atoms with Gasteiger partial charge in [-0.2, -0.15) is 0 Å². The molecule has 1 rings (SSSR count). The molecule has 5 heteroatoms. The lowest BCUT2D eigenvalue weighted by atomic mass is 10.1. The first-order chi connectivity index (χ1) is 6.54. The molecule has 0 spiro atoms. The van der Waals surface area contributed by atoms with Crippen LogP contribution in [0.3, 0.4) is 0 Å². The van der Waals surface area contributed by atoms with E-state index in [0.29, 0.717) is 5.84 Å². The average molecular weight is 199 g/mol. The van der Waals surface area contributed by atoms with Gasteiger partial charge in [0.15, 0.2) is 0 Å². The minimum absolute atomic E-state index is 0.185. The third kappa shape index (κ3) is 2.55. The molecule has 5 nitrogen and oxygen atoms in total. The van der Waals surface area contributed by atoms with Crippen molar-refractivity contribution in [2.24, 2.45) is 16.6 Å². The van der Waals surface area contributed by atoms with Gasteiger partial charge in [0.05, 0.1) is 6.54 Å². The topological polar surface area (TPSA) is 75.8 Å². The van der Waals surface area contributed by atoms with Gasteiger partial charge in [-0.1, -0.05) is 13.8 Å². The maximum absolute atomic E-state index is 11.3. The summed E-state index contributed by atoms with van der Waals surface area (Å²) in [6.07, 6.45) is 0. The lowest BCUT2D eigenvalue weighted by molar-refractivity contribution is -0.137. The summed E-state index contributed by atoms with van der Waals surface area (Å²) in [4.78, 5) is 27.4. The van der Waals surface area contributed by atoms with E-state index in [4.69, 9.17) is 5.73 Å². The van der Waals surface area contributed by atoms with Crippen LogP contribution in [0, 0.1) is 5.92 Å². The number of hydrogen-bond donors (Lipinski definition) is 1. The molecule has 0 aromatic carbocycles. The van der Waals surface area contributed by atoms with Gasteiger partial charge in [-0.15, -0.1) is 0 Å². The predicted molar refractivity (Wildman–Crippen MR) is 54.8 cm³/mol. The minimum Gasteiger partial charge on any atom is -0.369 e. The molecular formula is C9H17N3O2. The van der Waals surface area contributed by atoms with Crippen molar-refractivity contribution in [3.8, 4) is 0 Å². The first kappa shape index (κ1) is 12.6. The maximum Gasteiger partial charge on any atom is 0.242 e. The van der Waals surface area contributed by atoms with Crippen molar-refractivity contribution < 1.29 is 9.59 Å². The highest BCUT2D eigenvalue weighted by Gasteiger charge is 2.31. The Balaban J connectivity index is 0.000000791. The Hall–Kier alpha value is -1.39. The van der Waals surface area contributed by atoms with Gasteiger partial charge in [-0.25, -0.2) is 0 Å². The standard InChI is InChI=1S/C7H11N3O2.C2H6/c1-4-9-3-5(6(8)11)7(12)10(4)2;1-2/h5H,3H2,1-2H3,(H2,8,11);1-2H3. The molecule has 0 aromatic heterocycles. The van der Waals surface area contributed by atoms with Crippen molar-refractivity contribution in [1.29, 1.82) is 0 Å². The summed E-state index contributed by atoms with van der Waals surface area (Å²) in [7, 11) is 1.58. The molecule has 1 heterocycles. The fourth-order valence-corrected chi connectivity index (χ4v) is 1.01. The van der Waals surface area contributed by atoms with E-state index in [1.54, 1.807) is 14.0 Å². The molecule has 0 aromatic rings. The van der Waals surface area contributed by atoms with Crippen LogP contribution in [-0.4, -0.2) is 36.1 Å². The molecule has 1 unspecified atom stereocenters. The Morgan fingerprint density at radius 2 is 2.07 bits per heavy atom. The van der Waals surface area contributed by atoms with Crippen LogP contribution in [0.5, 0.6) is 0 Å². The number of nitrogens with zero attached hydrogens (tertiary/aromatic N) is 2. The van der Waals surface area contributed by atoms with E-state index in [9.17, 15) is 9.59 Å². The van der Waals surface area contributed by atoms with E-state index in [0.717, 1.165) is 0 Å². The number of amidine groups is 1. The molecular weight excluding hydrogens is 182 g/mol. The van der Waals surface area contributed by atoms with Gasteiger partial charge in [0, 0.05) is 7.05 Å². The fraction of sp³-hybridized carbons (Fsp3) is 0.667. The summed E-state index contributed by atoms with van der Waals surface area (Å²) >= 11 is 0. The van der Waals surface area contributed by atoms with Crippen LogP contribution in [0.4, 0.5) is 0 Å². The number of carbonyl (C=O) groups excluding carboxylic acids is 2. The van der Waals surface area contributed by atoms with E-state index >= 15 is 0 Å². The van der Waals surface area contributed by atoms with Gasteiger partial charge in [0.2, 0.25) is 11.8 Å². The van der Waals surface area contributed by atoms with Gasteiger partial charge in [0.25, 0.3) is 0 Å². The van der Waals surface area contributed by atoms with E-state index in [1.165, 1.54) is 4.90 Å². The fourth-order valence-electron chi connectivity index (χ4n) is 1.01. The Morgan fingerprint density at radius 3 is 2.50 bits per heavy atom. The van der Waals surface area contributed by atoms with Crippen molar-refractivity contribution >= 4 is 17.6 Å². The number of amides is 2. The van der Waals surface area contributed by atoms with Crippen molar-refractivity contribution in [1.82, 2.24) is 4.90 Å². The molecule has 0 radical (unpaired) electrons. The summed E-state index contributed by atoms with van der Waals surface area (Å²) in [5.41, 5.74) is 5.01. The van der Waals surface area contributed by atoms with E-state index in [2.05, 4.69) is 4.99 Å². The summed E-state index contributed by atoms with van der Waals surface area (Å²) in [5.74, 6) is -1.03. The van der Waals surface area contributed by atoms with E-state index in [-0.39, 0.29) is 12.5 Å². The second-order valence-corrected chi connectivity index (χ2v) is 2.74. The number of primary amides is 1. The highest BCUT2D eigenvalue weighted by molar-refractivity contribution is 6.08. The van der Waals surface area contributed by atoms with Crippen LogP contribution >= 0.6 is 0 Å². The summed E-state index contributed by atoms with van der Waals surface area (Å²) in [5, 5.41) is 0. The molecule has 0 saturated carbocycles. The molecule has 2 N–H and O–H groups in total. The minimum atomic E-state index is -0.779. The summed E-state index contributed by atoms with van der Waals surface area (Å²) < 4.78 is 0. The average Bonchev–Trinajstić information content (AvgIpc) is 2.17. The van der Waals surface area contributed by atoms with Crippen LogP contribution in [-0.2, 0) is 9.59 Å². The third-order valence-electron chi connectivity index (χ3n) is 1.96. The van der Waals surface area contributed by atoms with Gasteiger partial charge in [-0.05, 0) is 6.92 Å². The van der Waals surface area contributed by atoms with Crippen LogP contribution in [0.1, 0.15) is 20.8 Å². The van der Waals surface area contributed by atoms with E-state index < -0.39 is 11.8 Å². The van der Waals surface area contributed by atoms with Crippen molar-refractivity contribution in [2.75, 3.05) is 13.6 Å². The molecule has 80 valence electrons. The lowest BCUT2D eigenvalue weighted by Crippen LogP contribution is -2.46. The zero-order chi connectivity index (χ0) is 11.3. The Kier molecular flexibility index (Phi) is 4.83. The Bertz CT molecular complexity index is 261. The normalized spacial score (nSPS) is 20.9. The lowest BCUT2D eigenvalue weighted by Gasteiger charge is -2.25. The first-order valence-electron chi connectivity index (χ1n) is 4.62. The second-order valence-electron chi connectivity index (χ2n) is 2.74. The smallest absolute Gasteiger partial charge is 0.242 e. The van der Waals surface area contributed by atoms with Gasteiger partial charge in [-0.3, -0.25) is 14.6 Å².